The van der Waals surface area contributed by atoms with Crippen molar-refractivity contribution < 1.29 is 5.11 Å². The van der Waals surface area contributed by atoms with Crippen molar-refractivity contribution in [3.8, 4) is 5.75 Å². The minimum atomic E-state index is -0.232. The molecule has 0 radical (unpaired) electrons. The summed E-state index contributed by atoms with van der Waals surface area (Å²) in [6.07, 6.45) is 0.858. The molecule has 0 atom stereocenters. The monoisotopic (exact) mass is 297 g/mol. The fraction of sp³-hybridized carbons (Fsp3) is 0.118. The lowest BCUT2D eigenvalue weighted by molar-refractivity contribution is 0.467. The zero-order chi connectivity index (χ0) is 14.7. The molecule has 1 aromatic heterocycles. The number of thioether (sulfide) groups is 1. The van der Waals surface area contributed by atoms with Crippen LogP contribution in [0.15, 0.2) is 64.3 Å². The Labute approximate surface area is 126 Å². The summed E-state index contributed by atoms with van der Waals surface area (Å²) in [6.45, 7) is 0. The lowest BCUT2D eigenvalue weighted by Gasteiger charge is -2.07. The van der Waals surface area contributed by atoms with Gasteiger partial charge in [-0.25, -0.2) is 0 Å². The fourth-order valence-corrected chi connectivity index (χ4v) is 3.23. The summed E-state index contributed by atoms with van der Waals surface area (Å²) in [5.74, 6) is 0.825. The van der Waals surface area contributed by atoms with Crippen molar-refractivity contribution in [3.05, 3.63) is 70.5 Å². The largest absolute Gasteiger partial charge is 0.506 e. The van der Waals surface area contributed by atoms with Crippen LogP contribution in [0.3, 0.4) is 0 Å². The van der Waals surface area contributed by atoms with E-state index in [1.807, 2.05) is 36.4 Å². The number of rotatable bonds is 4. The summed E-state index contributed by atoms with van der Waals surface area (Å²) in [6, 6.07) is 17.4. The van der Waals surface area contributed by atoms with Crippen LogP contribution in [0.1, 0.15) is 5.56 Å². The molecule has 3 rings (SSSR count). The Bertz CT molecular complexity index is 812. The highest BCUT2D eigenvalue weighted by molar-refractivity contribution is 7.99. The Morgan fingerprint density at radius 2 is 1.71 bits per heavy atom. The van der Waals surface area contributed by atoms with Crippen LogP contribution in [0.25, 0.3) is 10.9 Å². The number of aromatic amines is 1. The number of hydrogen-bond acceptors (Lipinski definition) is 3. The molecular formula is C17H15NO2S. The molecule has 2 aromatic carbocycles. The van der Waals surface area contributed by atoms with Gasteiger partial charge in [0.05, 0.1) is 5.52 Å². The third-order valence-corrected chi connectivity index (χ3v) is 4.41. The maximum Gasteiger partial charge on any atom is 0.265 e. The number of aromatic nitrogens is 1. The number of hydrogen-bond donors (Lipinski definition) is 2. The highest BCUT2D eigenvalue weighted by Crippen LogP contribution is 2.31. The first-order valence-corrected chi connectivity index (χ1v) is 7.75. The summed E-state index contributed by atoms with van der Waals surface area (Å²) < 4.78 is 0. The molecule has 3 aromatic rings. The van der Waals surface area contributed by atoms with Gasteiger partial charge in [0, 0.05) is 11.1 Å². The average molecular weight is 297 g/mol. The Morgan fingerprint density at radius 3 is 2.52 bits per heavy atom. The van der Waals surface area contributed by atoms with Gasteiger partial charge in [-0.2, -0.15) is 0 Å². The number of aromatic hydroxyl groups is 1. The Hall–Kier alpha value is -2.20. The highest BCUT2D eigenvalue weighted by atomic mass is 32.2. The molecular weight excluding hydrogens is 282 g/mol. The molecule has 0 amide bonds. The van der Waals surface area contributed by atoms with Crippen LogP contribution in [0.5, 0.6) is 5.75 Å². The molecule has 0 aliphatic heterocycles. The molecule has 3 nitrogen and oxygen atoms in total. The molecule has 0 aliphatic carbocycles. The van der Waals surface area contributed by atoms with Crippen molar-refractivity contribution >= 4 is 22.7 Å². The van der Waals surface area contributed by atoms with Gasteiger partial charge in [0.1, 0.15) is 10.6 Å². The van der Waals surface area contributed by atoms with Crippen molar-refractivity contribution in [1.29, 1.82) is 0 Å². The summed E-state index contributed by atoms with van der Waals surface area (Å²) >= 11 is 1.39. The molecule has 0 aliphatic rings. The van der Waals surface area contributed by atoms with Crippen molar-refractivity contribution in [2.75, 3.05) is 5.75 Å². The third-order valence-electron chi connectivity index (χ3n) is 3.33. The van der Waals surface area contributed by atoms with Crippen LogP contribution in [-0.4, -0.2) is 15.8 Å². The van der Waals surface area contributed by atoms with Crippen LogP contribution >= 0.6 is 11.8 Å². The van der Waals surface area contributed by atoms with Gasteiger partial charge < -0.3 is 10.1 Å². The zero-order valence-corrected chi connectivity index (χ0v) is 12.2. The molecule has 21 heavy (non-hydrogen) atoms. The number of pyridine rings is 1. The second-order valence-corrected chi connectivity index (χ2v) is 5.87. The highest BCUT2D eigenvalue weighted by Gasteiger charge is 2.11. The van der Waals surface area contributed by atoms with Gasteiger partial charge in [-0.3, -0.25) is 4.79 Å². The van der Waals surface area contributed by atoms with Crippen molar-refractivity contribution in [2.45, 2.75) is 11.3 Å². The van der Waals surface area contributed by atoms with E-state index in [0.29, 0.717) is 15.8 Å². The fourth-order valence-electron chi connectivity index (χ4n) is 2.26. The lowest BCUT2D eigenvalue weighted by Crippen LogP contribution is -2.09. The van der Waals surface area contributed by atoms with E-state index in [1.165, 1.54) is 17.3 Å². The molecule has 0 saturated carbocycles. The van der Waals surface area contributed by atoms with Crippen LogP contribution in [0.4, 0.5) is 0 Å². The molecule has 0 bridgehead atoms. The van der Waals surface area contributed by atoms with E-state index in [-0.39, 0.29) is 11.3 Å². The van der Waals surface area contributed by atoms with Gasteiger partial charge in [0.2, 0.25) is 0 Å². The minimum absolute atomic E-state index is 0.0763. The van der Waals surface area contributed by atoms with Gasteiger partial charge in [0.25, 0.3) is 5.56 Å². The molecule has 4 heteroatoms. The van der Waals surface area contributed by atoms with Gasteiger partial charge in [0.15, 0.2) is 0 Å². The first-order valence-electron chi connectivity index (χ1n) is 6.76. The van der Waals surface area contributed by atoms with E-state index < -0.39 is 0 Å². The predicted molar refractivity (Wildman–Crippen MR) is 87.1 cm³/mol. The third kappa shape index (κ3) is 2.95. The van der Waals surface area contributed by atoms with Crippen LogP contribution in [0.2, 0.25) is 0 Å². The molecule has 0 unspecified atom stereocenters. The van der Waals surface area contributed by atoms with E-state index in [0.717, 1.165) is 12.2 Å². The van der Waals surface area contributed by atoms with Crippen LogP contribution in [0, 0.1) is 0 Å². The zero-order valence-electron chi connectivity index (χ0n) is 11.4. The molecule has 2 N–H and O–H groups in total. The van der Waals surface area contributed by atoms with E-state index in [4.69, 9.17) is 0 Å². The lowest BCUT2D eigenvalue weighted by atomic mass is 10.2. The standard InChI is InChI=1S/C17H15NO2S/c19-15-13-8-4-5-9-14(13)18-17(20)16(15)21-11-10-12-6-2-1-3-7-12/h1-9H,10-11H2,(H2,18,19,20). The molecule has 0 fully saturated rings. The molecule has 1 heterocycles. The van der Waals surface area contributed by atoms with Crippen LogP contribution < -0.4 is 5.56 Å². The maximum absolute atomic E-state index is 12.1. The summed E-state index contributed by atoms with van der Waals surface area (Å²) in [5.41, 5.74) is 1.65. The van der Waals surface area contributed by atoms with Crippen molar-refractivity contribution in [1.82, 2.24) is 4.98 Å². The first-order chi connectivity index (χ1) is 10.3. The molecule has 0 spiro atoms. The van der Waals surface area contributed by atoms with Gasteiger partial charge in [-0.05, 0) is 24.1 Å². The number of fused-ring (bicyclic) bond motifs is 1. The van der Waals surface area contributed by atoms with Crippen molar-refractivity contribution in [2.24, 2.45) is 0 Å². The number of nitrogens with one attached hydrogen (secondary N) is 1. The second kappa shape index (κ2) is 6.06. The maximum atomic E-state index is 12.1. The van der Waals surface area contributed by atoms with E-state index in [1.54, 1.807) is 6.07 Å². The average Bonchev–Trinajstić information content (AvgIpc) is 2.51. The van der Waals surface area contributed by atoms with Gasteiger partial charge in [-0.15, -0.1) is 11.8 Å². The number of H-pyrrole nitrogens is 1. The van der Waals surface area contributed by atoms with E-state index in [2.05, 4.69) is 17.1 Å². The van der Waals surface area contributed by atoms with E-state index >= 15 is 0 Å². The summed E-state index contributed by atoms with van der Waals surface area (Å²) in [4.78, 5) is 15.3. The molecule has 0 saturated heterocycles. The number of para-hydroxylation sites is 1. The molecule has 106 valence electrons. The summed E-state index contributed by atoms with van der Waals surface area (Å²) in [5, 5.41) is 11.0. The van der Waals surface area contributed by atoms with E-state index in [9.17, 15) is 9.90 Å². The smallest absolute Gasteiger partial charge is 0.265 e. The van der Waals surface area contributed by atoms with Crippen molar-refractivity contribution in [3.63, 3.8) is 0 Å². The van der Waals surface area contributed by atoms with Gasteiger partial charge >= 0.3 is 0 Å². The Balaban J connectivity index is 1.82. The number of aryl methyl sites for hydroxylation is 1. The number of benzene rings is 2. The topological polar surface area (TPSA) is 53.1 Å². The Morgan fingerprint density at radius 1 is 1.00 bits per heavy atom. The first kappa shape index (κ1) is 13.8. The Kier molecular flexibility index (Phi) is 3.97. The quantitative estimate of drug-likeness (QED) is 0.724. The second-order valence-electron chi connectivity index (χ2n) is 4.76. The minimum Gasteiger partial charge on any atom is -0.506 e. The van der Waals surface area contributed by atoms with Gasteiger partial charge in [-0.1, -0.05) is 42.5 Å². The summed E-state index contributed by atoms with van der Waals surface area (Å²) in [7, 11) is 0. The normalized spacial score (nSPS) is 10.9. The SMILES string of the molecule is O=c1[nH]c2ccccc2c(O)c1SCCc1ccccc1. The predicted octanol–water partition coefficient (Wildman–Crippen LogP) is 3.57. The van der Waals surface area contributed by atoms with Crippen LogP contribution in [-0.2, 0) is 6.42 Å².